The Morgan fingerprint density at radius 1 is 0.345 bits per heavy atom. The van der Waals surface area contributed by atoms with E-state index in [9.17, 15) is 0 Å². The molecule has 1 nitrogen and oxygen atoms in total. The SMILES string of the molecule is CCCCCCCCCCCCCC[N+](C)(CCCCCC)CCCCCC.[Br-]. The molecule has 0 aromatic heterocycles. The minimum atomic E-state index is 0. The molecule has 0 aliphatic heterocycles. The lowest BCUT2D eigenvalue weighted by molar-refractivity contribution is -0.910. The molecule has 0 saturated heterocycles. The van der Waals surface area contributed by atoms with Gasteiger partial charge >= 0.3 is 0 Å². The molecule has 0 heterocycles. The van der Waals surface area contributed by atoms with Gasteiger partial charge < -0.3 is 21.5 Å². The van der Waals surface area contributed by atoms with Crippen molar-refractivity contribution in [2.24, 2.45) is 0 Å². The van der Waals surface area contributed by atoms with Gasteiger partial charge in [0.1, 0.15) is 0 Å². The Kier molecular flexibility index (Phi) is 26.9. The zero-order chi connectivity index (χ0) is 20.8. The van der Waals surface area contributed by atoms with E-state index >= 15 is 0 Å². The number of unbranched alkanes of at least 4 members (excludes halogenated alkanes) is 17. The van der Waals surface area contributed by atoms with Crippen LogP contribution in [0.15, 0.2) is 0 Å². The van der Waals surface area contributed by atoms with E-state index < -0.39 is 0 Å². The molecule has 0 aliphatic carbocycles. The van der Waals surface area contributed by atoms with Crippen molar-refractivity contribution in [1.82, 2.24) is 0 Å². The molecule has 0 rings (SSSR count). The van der Waals surface area contributed by atoms with E-state index in [1.54, 1.807) is 0 Å². The average Bonchev–Trinajstić information content (AvgIpc) is 2.70. The maximum absolute atomic E-state index is 2.55. The quantitative estimate of drug-likeness (QED) is 0.120. The highest BCUT2D eigenvalue weighted by molar-refractivity contribution is 4.51. The first-order valence-electron chi connectivity index (χ1n) is 13.5. The van der Waals surface area contributed by atoms with E-state index in [2.05, 4.69) is 27.8 Å². The van der Waals surface area contributed by atoms with Crippen molar-refractivity contribution in [1.29, 1.82) is 0 Å². The summed E-state index contributed by atoms with van der Waals surface area (Å²) < 4.78 is 1.35. The molecule has 29 heavy (non-hydrogen) atoms. The molecule has 178 valence electrons. The molecular formula is C27H58BrN. The Morgan fingerprint density at radius 3 is 0.828 bits per heavy atom. The Hall–Kier alpha value is 0.440. The lowest BCUT2D eigenvalue weighted by Crippen LogP contribution is -3.00. The minimum Gasteiger partial charge on any atom is -1.00 e. The maximum atomic E-state index is 2.55. The van der Waals surface area contributed by atoms with Crippen LogP contribution < -0.4 is 17.0 Å². The molecule has 0 amide bonds. The van der Waals surface area contributed by atoms with Gasteiger partial charge in [0.05, 0.1) is 26.7 Å². The van der Waals surface area contributed by atoms with E-state index in [4.69, 9.17) is 0 Å². The molecule has 0 fully saturated rings. The lowest BCUT2D eigenvalue weighted by Gasteiger charge is -2.35. The molecule has 0 saturated carbocycles. The highest BCUT2D eigenvalue weighted by Gasteiger charge is 2.19. The summed E-state index contributed by atoms with van der Waals surface area (Å²) >= 11 is 0. The summed E-state index contributed by atoms with van der Waals surface area (Å²) in [6.45, 7) is 11.2. The fraction of sp³-hybridized carbons (Fsp3) is 1.00. The lowest BCUT2D eigenvalue weighted by atomic mass is 10.0. The molecule has 0 unspecified atom stereocenters. The van der Waals surface area contributed by atoms with E-state index in [1.807, 2.05) is 0 Å². The first kappa shape index (κ1) is 31.6. The largest absolute Gasteiger partial charge is 1.00 e. The number of nitrogens with zero attached hydrogens (tertiary/aromatic N) is 1. The topological polar surface area (TPSA) is 0 Å². The molecular weight excluding hydrogens is 418 g/mol. The number of halogens is 1. The summed E-state index contributed by atoms with van der Waals surface area (Å²) in [6, 6.07) is 0. The number of hydrogen-bond donors (Lipinski definition) is 0. The first-order chi connectivity index (χ1) is 13.7. The molecule has 0 atom stereocenters. The smallest absolute Gasteiger partial charge is 0.0784 e. The molecule has 0 N–H and O–H groups in total. The molecule has 0 aromatic carbocycles. The van der Waals surface area contributed by atoms with Crippen LogP contribution in [0.3, 0.4) is 0 Å². The van der Waals surface area contributed by atoms with Crippen LogP contribution in [0.2, 0.25) is 0 Å². The van der Waals surface area contributed by atoms with Crippen LogP contribution in [0.4, 0.5) is 0 Å². The first-order valence-corrected chi connectivity index (χ1v) is 13.5. The highest BCUT2D eigenvalue weighted by Crippen LogP contribution is 2.16. The molecule has 0 aliphatic rings. The van der Waals surface area contributed by atoms with Gasteiger partial charge in [-0.2, -0.15) is 0 Å². The predicted octanol–water partition coefficient (Wildman–Crippen LogP) is 6.30. The van der Waals surface area contributed by atoms with Crippen molar-refractivity contribution in [2.45, 2.75) is 149 Å². The minimum absolute atomic E-state index is 0. The van der Waals surface area contributed by atoms with Crippen LogP contribution in [0.1, 0.15) is 149 Å². The molecule has 2 heteroatoms. The summed E-state index contributed by atoms with van der Waals surface area (Å²) in [5, 5.41) is 0. The van der Waals surface area contributed by atoms with Crippen molar-refractivity contribution in [3.8, 4) is 0 Å². The summed E-state index contributed by atoms with van der Waals surface area (Å²) in [5.74, 6) is 0. The zero-order valence-electron chi connectivity index (χ0n) is 21.1. The molecule has 0 spiro atoms. The summed E-state index contributed by atoms with van der Waals surface area (Å²) in [7, 11) is 2.55. The Morgan fingerprint density at radius 2 is 0.552 bits per heavy atom. The molecule has 0 bridgehead atoms. The van der Waals surface area contributed by atoms with Gasteiger partial charge in [-0.15, -0.1) is 0 Å². The van der Waals surface area contributed by atoms with Crippen LogP contribution in [0.25, 0.3) is 0 Å². The van der Waals surface area contributed by atoms with Gasteiger partial charge in [0.25, 0.3) is 0 Å². The van der Waals surface area contributed by atoms with Crippen molar-refractivity contribution in [2.75, 3.05) is 26.7 Å². The van der Waals surface area contributed by atoms with Gasteiger partial charge in [0.15, 0.2) is 0 Å². The van der Waals surface area contributed by atoms with Crippen LogP contribution in [0, 0.1) is 0 Å². The standard InChI is InChI=1S/C27H58N.BrH/c1-5-8-11-14-15-16-17-18-19-20-21-24-27-28(4,25-22-12-9-6-2)26-23-13-10-7-3;/h5-27H2,1-4H3;1H/q+1;/p-1. The van der Waals surface area contributed by atoms with E-state index in [-0.39, 0.29) is 17.0 Å². The highest BCUT2D eigenvalue weighted by atomic mass is 79.9. The Bertz CT molecular complexity index is 280. The number of quaternary nitrogens is 1. The van der Waals surface area contributed by atoms with Crippen molar-refractivity contribution < 1.29 is 21.5 Å². The number of hydrogen-bond acceptors (Lipinski definition) is 0. The van der Waals surface area contributed by atoms with Crippen LogP contribution in [-0.4, -0.2) is 31.2 Å². The van der Waals surface area contributed by atoms with Crippen LogP contribution in [-0.2, 0) is 0 Å². The second kappa shape index (κ2) is 24.7. The third kappa shape index (κ3) is 22.9. The van der Waals surface area contributed by atoms with Gasteiger partial charge in [-0.05, 0) is 38.5 Å². The normalized spacial score (nSPS) is 11.6. The van der Waals surface area contributed by atoms with Gasteiger partial charge in [-0.25, -0.2) is 0 Å². The van der Waals surface area contributed by atoms with Crippen molar-refractivity contribution >= 4 is 0 Å². The zero-order valence-corrected chi connectivity index (χ0v) is 22.7. The third-order valence-electron chi connectivity index (χ3n) is 6.65. The molecule has 0 radical (unpaired) electrons. The third-order valence-corrected chi connectivity index (χ3v) is 6.65. The van der Waals surface area contributed by atoms with E-state index in [1.165, 1.54) is 153 Å². The fourth-order valence-corrected chi connectivity index (χ4v) is 4.51. The number of rotatable bonds is 23. The Balaban J connectivity index is 0. The fourth-order valence-electron chi connectivity index (χ4n) is 4.51. The second-order valence-corrected chi connectivity index (χ2v) is 9.80. The van der Waals surface area contributed by atoms with Crippen molar-refractivity contribution in [3.63, 3.8) is 0 Å². The second-order valence-electron chi connectivity index (χ2n) is 9.80. The van der Waals surface area contributed by atoms with Crippen LogP contribution >= 0.6 is 0 Å². The summed E-state index contributed by atoms with van der Waals surface area (Å²) in [6.07, 6.45) is 28.9. The van der Waals surface area contributed by atoms with Crippen LogP contribution in [0.5, 0.6) is 0 Å². The summed E-state index contributed by atoms with van der Waals surface area (Å²) in [5.41, 5.74) is 0. The molecule has 0 aromatic rings. The predicted molar refractivity (Wildman–Crippen MR) is 130 cm³/mol. The van der Waals surface area contributed by atoms with Gasteiger partial charge in [-0.3, -0.25) is 0 Å². The van der Waals surface area contributed by atoms with Gasteiger partial charge in [-0.1, -0.05) is 111 Å². The average molecular weight is 477 g/mol. The van der Waals surface area contributed by atoms with E-state index in [0.29, 0.717) is 0 Å². The van der Waals surface area contributed by atoms with Gasteiger partial charge in [0.2, 0.25) is 0 Å². The van der Waals surface area contributed by atoms with E-state index in [0.717, 1.165) is 0 Å². The van der Waals surface area contributed by atoms with Crippen molar-refractivity contribution in [3.05, 3.63) is 0 Å². The summed E-state index contributed by atoms with van der Waals surface area (Å²) in [4.78, 5) is 0. The monoisotopic (exact) mass is 475 g/mol. The maximum Gasteiger partial charge on any atom is 0.0784 e. The van der Waals surface area contributed by atoms with Gasteiger partial charge in [0, 0.05) is 0 Å². The Labute approximate surface area is 197 Å².